The third-order valence-corrected chi connectivity index (χ3v) is 7.61. The molecule has 0 aliphatic carbocycles. The van der Waals surface area contributed by atoms with Crippen molar-refractivity contribution in [2.24, 2.45) is 0 Å². The molecular formula is C29H39N7O10. The number of nitrogens with zero attached hydrogens (tertiary/aromatic N) is 5. The molecule has 1 aromatic carbocycles. The van der Waals surface area contributed by atoms with Crippen LogP contribution in [0.5, 0.6) is 5.88 Å². The predicted molar refractivity (Wildman–Crippen MR) is 164 cm³/mol. The number of ether oxygens (including phenoxy) is 5. The van der Waals surface area contributed by atoms with E-state index in [2.05, 4.69) is 30.6 Å². The van der Waals surface area contributed by atoms with Crippen LogP contribution in [0, 0.1) is 10.1 Å². The van der Waals surface area contributed by atoms with Crippen molar-refractivity contribution >= 4 is 40.0 Å². The molecule has 1 saturated heterocycles. The summed E-state index contributed by atoms with van der Waals surface area (Å²) in [6.07, 6.45) is 0.563. The van der Waals surface area contributed by atoms with Gasteiger partial charge in [-0.2, -0.15) is 0 Å². The SMILES string of the molecule is CCOC(=O)C(CC)(CCOCCOCCNc1ccc([N+](=O)[O-])c2nonc12)NC(=O)c1ccc(N2CC(OC)C2)c(OC)n1. The fraction of sp³-hybridized carbons (Fsp3) is 0.552. The summed E-state index contributed by atoms with van der Waals surface area (Å²) in [4.78, 5) is 43.4. The second-order valence-electron chi connectivity index (χ2n) is 10.4. The number of nitro groups is 1. The molecule has 4 rings (SSSR count). The Labute approximate surface area is 264 Å². The van der Waals surface area contributed by atoms with Crippen LogP contribution in [-0.2, 0) is 23.7 Å². The minimum atomic E-state index is -1.33. The molecule has 3 aromatic rings. The molecule has 0 radical (unpaired) electrons. The van der Waals surface area contributed by atoms with E-state index in [-0.39, 0.29) is 67.8 Å². The van der Waals surface area contributed by atoms with E-state index >= 15 is 0 Å². The number of esters is 1. The van der Waals surface area contributed by atoms with Crippen LogP contribution < -0.4 is 20.3 Å². The molecule has 17 heteroatoms. The number of nitrogens with one attached hydrogen (secondary N) is 2. The summed E-state index contributed by atoms with van der Waals surface area (Å²) in [5, 5.41) is 24.4. The van der Waals surface area contributed by atoms with Crippen LogP contribution >= 0.6 is 0 Å². The van der Waals surface area contributed by atoms with E-state index in [1.165, 1.54) is 19.2 Å². The van der Waals surface area contributed by atoms with E-state index in [9.17, 15) is 19.7 Å². The zero-order valence-electron chi connectivity index (χ0n) is 26.3. The number of hydrogen-bond acceptors (Lipinski definition) is 15. The number of rotatable bonds is 19. The summed E-state index contributed by atoms with van der Waals surface area (Å²) >= 11 is 0. The maximum Gasteiger partial charge on any atom is 0.331 e. The zero-order valence-corrected chi connectivity index (χ0v) is 26.3. The molecule has 250 valence electrons. The third-order valence-electron chi connectivity index (χ3n) is 7.61. The normalized spacial score (nSPS) is 14.4. The molecule has 0 spiro atoms. The number of nitro benzene ring substituents is 1. The highest BCUT2D eigenvalue weighted by molar-refractivity contribution is 5.97. The number of aromatic nitrogens is 3. The lowest BCUT2D eigenvalue weighted by Crippen LogP contribution is -2.55. The van der Waals surface area contributed by atoms with Gasteiger partial charge in [0.15, 0.2) is 5.52 Å². The molecule has 0 bridgehead atoms. The Morgan fingerprint density at radius 3 is 2.48 bits per heavy atom. The fourth-order valence-corrected chi connectivity index (χ4v) is 4.88. The number of hydrogen-bond donors (Lipinski definition) is 2. The number of carbonyl (C=O) groups is 2. The molecule has 1 fully saturated rings. The summed E-state index contributed by atoms with van der Waals surface area (Å²) in [6.45, 7) is 6.38. The third kappa shape index (κ3) is 7.96. The Kier molecular flexibility index (Phi) is 12.0. The van der Waals surface area contributed by atoms with Crippen LogP contribution in [0.2, 0.25) is 0 Å². The lowest BCUT2D eigenvalue weighted by Gasteiger charge is -2.40. The van der Waals surface area contributed by atoms with E-state index in [1.54, 1.807) is 33.1 Å². The molecule has 17 nitrogen and oxygen atoms in total. The molecule has 1 aliphatic rings. The largest absolute Gasteiger partial charge is 0.480 e. The Hall–Kier alpha value is -4.61. The zero-order chi connectivity index (χ0) is 33.1. The minimum absolute atomic E-state index is 0.0588. The Bertz CT molecular complexity index is 1500. The van der Waals surface area contributed by atoms with Gasteiger partial charge in [0.2, 0.25) is 11.4 Å². The van der Waals surface area contributed by atoms with Crippen LogP contribution in [0.25, 0.3) is 11.0 Å². The summed E-state index contributed by atoms with van der Waals surface area (Å²) < 4.78 is 32.1. The average Bonchev–Trinajstić information content (AvgIpc) is 3.53. The quantitative estimate of drug-likeness (QED) is 0.0831. The number of anilines is 2. The van der Waals surface area contributed by atoms with E-state index in [0.717, 1.165) is 5.69 Å². The van der Waals surface area contributed by atoms with Crippen molar-refractivity contribution in [3.63, 3.8) is 0 Å². The monoisotopic (exact) mass is 645 g/mol. The molecule has 0 saturated carbocycles. The minimum Gasteiger partial charge on any atom is -0.480 e. The molecule has 46 heavy (non-hydrogen) atoms. The molecule has 1 unspecified atom stereocenters. The fourth-order valence-electron chi connectivity index (χ4n) is 4.88. The summed E-state index contributed by atoms with van der Waals surface area (Å²) in [7, 11) is 3.15. The highest BCUT2D eigenvalue weighted by Gasteiger charge is 2.40. The number of fused-ring (bicyclic) bond motifs is 1. The molecule has 2 N–H and O–H groups in total. The van der Waals surface area contributed by atoms with Crippen molar-refractivity contribution in [2.45, 2.75) is 38.3 Å². The van der Waals surface area contributed by atoms with Gasteiger partial charge in [-0.15, -0.1) is 0 Å². The van der Waals surface area contributed by atoms with Crippen LogP contribution in [0.3, 0.4) is 0 Å². The molecular weight excluding hydrogens is 606 g/mol. The number of carbonyl (C=O) groups excluding carboxylic acids is 2. The second-order valence-corrected chi connectivity index (χ2v) is 10.4. The standard InChI is InChI=1S/C29H39N7O10/c1-5-29(28(38)45-6-2,32-26(37)21-8-10-23(27(31-21)42-4)35-17-19(18-35)41-3)11-13-43-15-16-44-14-12-30-20-7-9-22(36(39)40)25-24(20)33-46-34-25/h7-10,19,30H,5-6,11-18H2,1-4H3,(H,32,37). The summed E-state index contributed by atoms with van der Waals surface area (Å²) in [5.74, 6) is -0.801. The smallest absolute Gasteiger partial charge is 0.331 e. The first-order valence-corrected chi connectivity index (χ1v) is 14.9. The van der Waals surface area contributed by atoms with E-state index in [1.807, 2.05) is 4.90 Å². The van der Waals surface area contributed by atoms with Gasteiger partial charge in [-0.25, -0.2) is 14.4 Å². The lowest BCUT2D eigenvalue weighted by atomic mass is 9.92. The Balaban J connectivity index is 1.25. The molecule has 1 amide bonds. The molecule has 1 aliphatic heterocycles. The van der Waals surface area contributed by atoms with E-state index in [4.69, 9.17) is 23.7 Å². The first kappa shape index (κ1) is 34.3. The van der Waals surface area contributed by atoms with Crippen LogP contribution in [0.15, 0.2) is 28.9 Å². The van der Waals surface area contributed by atoms with Crippen molar-refractivity contribution in [3.8, 4) is 5.88 Å². The Morgan fingerprint density at radius 1 is 1.07 bits per heavy atom. The molecule has 3 heterocycles. The van der Waals surface area contributed by atoms with Gasteiger partial charge in [0.05, 0.1) is 50.3 Å². The van der Waals surface area contributed by atoms with Gasteiger partial charge < -0.3 is 39.2 Å². The first-order chi connectivity index (χ1) is 22.3. The maximum absolute atomic E-state index is 13.3. The van der Waals surface area contributed by atoms with Gasteiger partial charge in [-0.1, -0.05) is 6.92 Å². The molecule has 2 aromatic heterocycles. The predicted octanol–water partition coefficient (Wildman–Crippen LogP) is 2.35. The average molecular weight is 646 g/mol. The highest BCUT2D eigenvalue weighted by atomic mass is 16.6. The van der Waals surface area contributed by atoms with E-state index in [0.29, 0.717) is 37.8 Å². The van der Waals surface area contributed by atoms with Gasteiger partial charge in [0.25, 0.3) is 5.91 Å². The Morgan fingerprint density at radius 2 is 1.80 bits per heavy atom. The summed E-state index contributed by atoms with van der Waals surface area (Å²) in [6, 6.07) is 6.21. The molecule has 1 atom stereocenters. The number of methoxy groups -OCH3 is 2. The van der Waals surface area contributed by atoms with Gasteiger partial charge in [0, 0.05) is 45.8 Å². The second kappa shape index (κ2) is 16.1. The van der Waals surface area contributed by atoms with Crippen molar-refractivity contribution in [3.05, 3.63) is 40.1 Å². The van der Waals surface area contributed by atoms with Crippen LogP contribution in [0.4, 0.5) is 17.1 Å². The number of non-ortho nitro benzene ring substituents is 1. The maximum atomic E-state index is 13.3. The van der Waals surface area contributed by atoms with Crippen LogP contribution in [0.1, 0.15) is 37.2 Å². The van der Waals surface area contributed by atoms with Crippen molar-refractivity contribution in [1.82, 2.24) is 20.6 Å². The first-order valence-electron chi connectivity index (χ1n) is 14.9. The number of benzene rings is 1. The van der Waals surface area contributed by atoms with Gasteiger partial charge in [0.1, 0.15) is 16.9 Å². The number of pyridine rings is 1. The van der Waals surface area contributed by atoms with E-state index < -0.39 is 22.3 Å². The van der Waals surface area contributed by atoms with Gasteiger partial charge >= 0.3 is 11.7 Å². The highest BCUT2D eigenvalue weighted by Crippen LogP contribution is 2.31. The number of amides is 1. The van der Waals surface area contributed by atoms with Crippen LogP contribution in [-0.4, -0.2) is 111 Å². The topological polar surface area (TPSA) is 203 Å². The van der Waals surface area contributed by atoms with Gasteiger partial charge in [-0.05, 0) is 41.9 Å². The summed E-state index contributed by atoms with van der Waals surface area (Å²) in [5.41, 5.74) is 0.165. The van der Waals surface area contributed by atoms with Crippen molar-refractivity contribution < 1.29 is 42.8 Å². The van der Waals surface area contributed by atoms with Gasteiger partial charge in [-0.3, -0.25) is 14.9 Å². The van der Waals surface area contributed by atoms with Crippen molar-refractivity contribution in [2.75, 3.05) is 77.1 Å². The lowest BCUT2D eigenvalue weighted by molar-refractivity contribution is -0.383. The van der Waals surface area contributed by atoms with Crippen molar-refractivity contribution in [1.29, 1.82) is 0 Å².